The van der Waals surface area contributed by atoms with Crippen molar-refractivity contribution in [2.24, 2.45) is 5.10 Å². The van der Waals surface area contributed by atoms with Crippen LogP contribution >= 0.6 is 22.6 Å². The van der Waals surface area contributed by atoms with Gasteiger partial charge in [-0.15, -0.1) is 5.10 Å². The molecule has 0 fully saturated rings. The second-order valence-electron chi connectivity index (χ2n) is 13.2. The Hall–Kier alpha value is -5.21. The number of fused-ring (bicyclic) bond motifs is 2. The largest absolute Gasteiger partial charge is 0.496 e. The summed E-state index contributed by atoms with van der Waals surface area (Å²) in [5.74, 6) is -2.89. The molecule has 57 heavy (non-hydrogen) atoms. The van der Waals surface area contributed by atoms with Gasteiger partial charge in [-0.05, 0) is 126 Å². The average molecular weight is 909 g/mol. The predicted octanol–water partition coefficient (Wildman–Crippen LogP) is 7.17. The van der Waals surface area contributed by atoms with Crippen molar-refractivity contribution >= 4 is 57.5 Å². The number of likely N-dealkylation sites (N-methyl/N-ethyl adjacent to an activating group) is 1. The van der Waals surface area contributed by atoms with Crippen molar-refractivity contribution in [2.75, 3.05) is 44.6 Å². The van der Waals surface area contributed by atoms with Crippen LogP contribution in [0.1, 0.15) is 58.9 Å². The maximum absolute atomic E-state index is 13.3. The highest BCUT2D eigenvalue weighted by Crippen LogP contribution is 2.36. The predicted molar refractivity (Wildman–Crippen MR) is 208 cm³/mol. The summed E-state index contributed by atoms with van der Waals surface area (Å²) in [4.78, 5) is 41.0. The zero-order chi connectivity index (χ0) is 41.2. The third-order valence-electron chi connectivity index (χ3n) is 9.45. The number of guanidine groups is 1. The van der Waals surface area contributed by atoms with Crippen LogP contribution in [-0.4, -0.2) is 69.0 Å². The molecule has 18 heteroatoms. The molecule has 0 radical (unpaired) electrons. The van der Waals surface area contributed by atoms with Crippen LogP contribution in [0.15, 0.2) is 71.8 Å². The van der Waals surface area contributed by atoms with Gasteiger partial charge in [-0.3, -0.25) is 14.4 Å². The number of alkyl halides is 6. The summed E-state index contributed by atoms with van der Waals surface area (Å²) in [6.45, 7) is 3.12. The lowest BCUT2D eigenvalue weighted by Crippen LogP contribution is -2.36. The van der Waals surface area contributed by atoms with Gasteiger partial charge in [0.25, 0.3) is 17.6 Å². The summed E-state index contributed by atoms with van der Waals surface area (Å²) in [5.41, 5.74) is 6.24. The number of rotatable bonds is 7. The van der Waals surface area contributed by atoms with Gasteiger partial charge in [-0.1, -0.05) is 12.1 Å². The molecule has 0 spiro atoms. The minimum atomic E-state index is -5.02. The molecule has 0 aromatic heterocycles. The monoisotopic (exact) mass is 908 g/mol. The number of carbonyl (C=O) groups is 3. The Morgan fingerprint density at radius 2 is 1.58 bits per heavy atom. The molecule has 0 unspecified atom stereocenters. The topological polar surface area (TPSA) is 135 Å². The van der Waals surface area contributed by atoms with Crippen LogP contribution in [0.2, 0.25) is 0 Å². The van der Waals surface area contributed by atoms with Crippen molar-refractivity contribution in [3.05, 3.63) is 115 Å². The van der Waals surface area contributed by atoms with Crippen molar-refractivity contribution in [1.29, 1.82) is 0 Å². The Bertz CT molecular complexity index is 2260. The molecule has 0 saturated carbocycles. The van der Waals surface area contributed by atoms with Gasteiger partial charge < -0.3 is 25.0 Å². The molecule has 0 saturated heterocycles. The summed E-state index contributed by atoms with van der Waals surface area (Å²) in [6, 6.07) is 15.2. The second kappa shape index (κ2) is 16.7. The molecule has 4 aromatic carbocycles. The fraction of sp³-hybridized carbons (Fsp3) is 0.282. The van der Waals surface area contributed by atoms with Crippen molar-refractivity contribution in [3.8, 4) is 11.5 Å². The maximum atomic E-state index is 13.3. The molecular weight excluding hydrogens is 873 g/mol. The lowest BCUT2D eigenvalue weighted by atomic mass is 9.97. The standard InChI is InChI=1S/C20H19F3N2O3.C19H16F3IN4O2/c1-25-9-8-14-13(11-25)4-3-5-16(14)24-19(27)15-10-12(6-7-17(15)28-2)18(26)20(21,22)23;1-29-16-3-2-11(19(20,21)22)7-14(16)17(28)27(18-25-26-18)12-6-10-9-24-5-4-13(10)15(23)8-12/h3-7,10H,8-9,11H2,1-2H3,(H,24,27);2-3,6-8,24H,4-5,9H2,1H3,(H,25,26). The van der Waals surface area contributed by atoms with Crippen molar-refractivity contribution in [3.63, 3.8) is 0 Å². The first kappa shape index (κ1) is 41.4. The van der Waals surface area contributed by atoms with E-state index in [1.807, 2.05) is 31.3 Å². The number of nitrogens with zero attached hydrogens (tertiary/aromatic N) is 3. The normalized spacial score (nSPS) is 14.7. The van der Waals surface area contributed by atoms with Crippen molar-refractivity contribution < 1.29 is 50.2 Å². The number of benzene rings is 4. The summed E-state index contributed by atoms with van der Waals surface area (Å²) < 4.78 is 89.0. The van der Waals surface area contributed by atoms with Gasteiger partial charge in [0, 0.05) is 34.5 Å². The molecule has 3 aliphatic rings. The Labute approximate surface area is 336 Å². The first-order valence-electron chi connectivity index (χ1n) is 17.4. The molecular formula is C39H35F6IN6O5. The second-order valence-corrected chi connectivity index (χ2v) is 14.4. The summed E-state index contributed by atoms with van der Waals surface area (Å²) in [5, 5.41) is 9.92. The number of methoxy groups -OCH3 is 2. The molecule has 3 aliphatic heterocycles. The maximum Gasteiger partial charge on any atom is 0.454 e. The van der Waals surface area contributed by atoms with Gasteiger partial charge in [-0.2, -0.15) is 26.3 Å². The number of halogens is 7. The van der Waals surface area contributed by atoms with Gasteiger partial charge in [-0.25, -0.2) is 10.3 Å². The van der Waals surface area contributed by atoms with Gasteiger partial charge in [0.15, 0.2) is 0 Å². The lowest BCUT2D eigenvalue weighted by Gasteiger charge is -2.26. The number of hydrazone groups is 1. The number of Topliss-reactive ketones (excluding diaryl/α,β-unsaturated/α-hetero) is 1. The number of anilines is 2. The molecule has 3 heterocycles. The van der Waals surface area contributed by atoms with E-state index < -0.39 is 41.1 Å². The van der Waals surface area contributed by atoms with E-state index in [9.17, 15) is 40.7 Å². The summed E-state index contributed by atoms with van der Waals surface area (Å²) >= 11 is 2.21. The smallest absolute Gasteiger partial charge is 0.454 e. The molecule has 0 atom stereocenters. The highest BCUT2D eigenvalue weighted by molar-refractivity contribution is 14.1. The third-order valence-corrected chi connectivity index (χ3v) is 10.4. The number of ketones is 1. The van der Waals surface area contributed by atoms with Gasteiger partial charge in [0.05, 0.1) is 36.6 Å². The Morgan fingerprint density at radius 1 is 0.877 bits per heavy atom. The Morgan fingerprint density at radius 3 is 2.25 bits per heavy atom. The quantitative estimate of drug-likeness (QED) is 0.101. The fourth-order valence-corrected chi connectivity index (χ4v) is 7.50. The molecule has 3 N–H and O–H groups in total. The van der Waals surface area contributed by atoms with Crippen LogP contribution in [0.25, 0.3) is 0 Å². The van der Waals surface area contributed by atoms with E-state index >= 15 is 0 Å². The molecule has 4 aromatic rings. The van der Waals surface area contributed by atoms with E-state index in [-0.39, 0.29) is 28.6 Å². The van der Waals surface area contributed by atoms with Gasteiger partial charge >= 0.3 is 12.4 Å². The van der Waals surface area contributed by atoms with Crippen molar-refractivity contribution in [2.45, 2.75) is 38.3 Å². The lowest BCUT2D eigenvalue weighted by molar-refractivity contribution is -0.137. The van der Waals surface area contributed by atoms with Gasteiger partial charge in [0.1, 0.15) is 11.5 Å². The van der Waals surface area contributed by atoms with Crippen LogP contribution in [0.4, 0.5) is 37.7 Å². The molecule has 2 amide bonds. The highest BCUT2D eigenvalue weighted by atomic mass is 127. The molecule has 7 rings (SSSR count). The number of carbonyl (C=O) groups excluding carboxylic acids is 3. The molecule has 0 bridgehead atoms. The van der Waals surface area contributed by atoms with E-state index in [1.54, 1.807) is 6.07 Å². The summed E-state index contributed by atoms with van der Waals surface area (Å²) in [7, 11) is 4.61. The SMILES string of the molecule is COc1ccc(C(=O)C(F)(F)F)cc1C(=O)Nc1cccc2c1CCN(C)C2.COc1ccc(C(F)(F)F)cc1C(=O)N(C1=NN1)c1cc(I)c2c(c1)CNCC2. The Balaban J connectivity index is 0.000000193. The van der Waals surface area contributed by atoms with E-state index in [0.717, 1.165) is 83.1 Å². The third kappa shape index (κ3) is 9.34. The average Bonchev–Trinajstić information content (AvgIpc) is 4.02. The fourth-order valence-electron chi connectivity index (χ4n) is 6.56. The number of ether oxygens (including phenoxy) is 2. The minimum absolute atomic E-state index is 0.0589. The first-order valence-corrected chi connectivity index (χ1v) is 18.4. The number of hydrogen-bond acceptors (Lipinski definition) is 9. The van der Waals surface area contributed by atoms with E-state index in [0.29, 0.717) is 17.9 Å². The highest BCUT2D eigenvalue weighted by Gasteiger charge is 2.40. The van der Waals surface area contributed by atoms with Gasteiger partial charge in [0.2, 0.25) is 5.96 Å². The van der Waals surface area contributed by atoms with Crippen molar-refractivity contribution in [1.82, 2.24) is 15.6 Å². The van der Waals surface area contributed by atoms with Crippen LogP contribution in [-0.2, 0) is 32.1 Å². The van der Waals surface area contributed by atoms with E-state index in [4.69, 9.17) is 9.47 Å². The minimum Gasteiger partial charge on any atom is -0.496 e. The number of hydrogen-bond donors (Lipinski definition) is 3. The van der Waals surface area contributed by atoms with Crippen LogP contribution in [0.5, 0.6) is 11.5 Å². The first-order chi connectivity index (χ1) is 27.0. The summed E-state index contributed by atoms with van der Waals surface area (Å²) in [6.07, 6.45) is -7.98. The molecule has 300 valence electrons. The zero-order valence-corrected chi connectivity index (χ0v) is 32.8. The van der Waals surface area contributed by atoms with E-state index in [2.05, 4.69) is 48.7 Å². The van der Waals surface area contributed by atoms with Crippen LogP contribution in [0.3, 0.4) is 0 Å². The Kier molecular flexibility index (Phi) is 12.1. The van der Waals surface area contributed by atoms with Crippen LogP contribution < -0.4 is 30.4 Å². The van der Waals surface area contributed by atoms with E-state index in [1.165, 1.54) is 30.7 Å². The number of amides is 2. The molecule has 0 aliphatic carbocycles. The molecule has 11 nitrogen and oxygen atoms in total. The zero-order valence-electron chi connectivity index (χ0n) is 30.6. The van der Waals surface area contributed by atoms with Crippen LogP contribution in [0, 0.1) is 3.57 Å². The number of nitrogens with one attached hydrogen (secondary N) is 3.